The Bertz CT molecular complexity index is 2380. The number of nitrogens with zero attached hydrogens (tertiary/aromatic N) is 5. The number of hydrogen-bond donors (Lipinski definition) is 4. The fourth-order valence-electron chi connectivity index (χ4n) is 9.11. The Morgan fingerprint density at radius 1 is 0.705 bits per heavy atom. The molecule has 0 unspecified atom stereocenters. The number of phenolic OH excluding ortho intramolecular Hbond substituents is 2. The SMILES string of the molecule is CC1(C)CC(Oc2ccc(-c3cc4ccc(OCCN5CCOCC5)cc4cc3O)nn2)CC(C)(C)N1.Oc1cc2ccccc2cc1-c1ccc(CC2CCNCC2)nn1. The maximum absolute atomic E-state index is 10.8. The Hall–Kier alpha value is -5.40. The fourth-order valence-corrected chi connectivity index (χ4v) is 9.11. The molecule has 6 aromatic rings. The topological polar surface area (TPSA) is 147 Å². The molecule has 3 aliphatic heterocycles. The molecule has 3 fully saturated rings. The van der Waals surface area contributed by atoms with Crippen molar-refractivity contribution < 1.29 is 24.4 Å². The van der Waals surface area contributed by atoms with Gasteiger partial charge in [0.05, 0.1) is 30.3 Å². The first-order chi connectivity index (χ1) is 29.4. The van der Waals surface area contributed by atoms with E-state index in [1.165, 1.54) is 12.8 Å². The normalized spacial score (nSPS) is 18.4. The molecule has 320 valence electrons. The van der Waals surface area contributed by atoms with Crippen molar-refractivity contribution >= 4 is 21.5 Å². The second-order valence-corrected chi connectivity index (χ2v) is 18.0. The average molecular weight is 826 g/mol. The van der Waals surface area contributed by atoms with Gasteiger partial charge >= 0.3 is 0 Å². The molecule has 3 saturated heterocycles. The molecule has 2 aromatic heterocycles. The zero-order chi connectivity index (χ0) is 42.4. The number of aromatic hydroxyl groups is 2. The number of hydrogen-bond acceptors (Lipinski definition) is 12. The molecule has 0 spiro atoms. The quantitative estimate of drug-likeness (QED) is 0.106. The number of rotatable bonds is 10. The molecule has 0 amide bonds. The van der Waals surface area contributed by atoms with Crippen LogP contribution in [0.15, 0.2) is 91.0 Å². The summed E-state index contributed by atoms with van der Waals surface area (Å²) in [4.78, 5) is 2.34. The van der Waals surface area contributed by atoms with Crippen LogP contribution in [0.5, 0.6) is 23.1 Å². The van der Waals surface area contributed by atoms with E-state index in [0.29, 0.717) is 35.4 Å². The molecule has 12 nitrogen and oxygen atoms in total. The third-order valence-electron chi connectivity index (χ3n) is 11.9. The Kier molecular flexibility index (Phi) is 13.0. The number of phenols is 2. The van der Waals surface area contributed by atoms with Gasteiger partial charge in [0.15, 0.2) is 0 Å². The van der Waals surface area contributed by atoms with E-state index in [4.69, 9.17) is 14.2 Å². The molecule has 61 heavy (non-hydrogen) atoms. The van der Waals surface area contributed by atoms with Crippen LogP contribution < -0.4 is 20.1 Å². The predicted molar refractivity (Wildman–Crippen MR) is 240 cm³/mol. The van der Waals surface area contributed by atoms with Crippen LogP contribution in [-0.4, -0.2) is 105 Å². The maximum atomic E-state index is 10.8. The van der Waals surface area contributed by atoms with Gasteiger partial charge in [-0.1, -0.05) is 30.3 Å². The van der Waals surface area contributed by atoms with Crippen LogP contribution in [0.2, 0.25) is 0 Å². The van der Waals surface area contributed by atoms with E-state index in [0.717, 1.165) is 104 Å². The van der Waals surface area contributed by atoms with Crippen LogP contribution in [0.1, 0.15) is 59.1 Å². The molecular weight excluding hydrogens is 767 g/mol. The molecule has 3 aliphatic rings. The lowest BCUT2D eigenvalue weighted by molar-refractivity contribution is 0.0322. The van der Waals surface area contributed by atoms with E-state index in [1.807, 2.05) is 78.9 Å². The van der Waals surface area contributed by atoms with E-state index in [9.17, 15) is 10.2 Å². The molecule has 0 bridgehead atoms. The van der Waals surface area contributed by atoms with Crippen LogP contribution in [0, 0.1) is 5.92 Å². The van der Waals surface area contributed by atoms with Crippen molar-refractivity contribution in [1.29, 1.82) is 0 Å². The number of aromatic nitrogens is 4. The zero-order valence-electron chi connectivity index (χ0n) is 35.9. The third-order valence-corrected chi connectivity index (χ3v) is 11.9. The minimum absolute atomic E-state index is 0.00961. The highest BCUT2D eigenvalue weighted by Gasteiger charge is 2.39. The highest BCUT2D eigenvalue weighted by molar-refractivity contribution is 5.91. The molecular formula is C49H59N7O5. The average Bonchev–Trinajstić information content (AvgIpc) is 3.24. The van der Waals surface area contributed by atoms with Gasteiger partial charge < -0.3 is 35.1 Å². The van der Waals surface area contributed by atoms with E-state index >= 15 is 0 Å². The minimum Gasteiger partial charge on any atom is -0.507 e. The monoisotopic (exact) mass is 825 g/mol. The van der Waals surface area contributed by atoms with Crippen LogP contribution >= 0.6 is 0 Å². The first-order valence-corrected chi connectivity index (χ1v) is 21.7. The van der Waals surface area contributed by atoms with Crippen LogP contribution in [0.3, 0.4) is 0 Å². The smallest absolute Gasteiger partial charge is 0.233 e. The fraction of sp³-hybridized carbons (Fsp3) is 0.429. The number of nitrogens with one attached hydrogen (secondary N) is 2. The number of ether oxygens (including phenoxy) is 3. The Morgan fingerprint density at radius 2 is 1.33 bits per heavy atom. The summed E-state index contributed by atoms with van der Waals surface area (Å²) in [6, 6.07) is 29.1. The molecule has 9 rings (SSSR count). The summed E-state index contributed by atoms with van der Waals surface area (Å²) < 4.78 is 17.6. The predicted octanol–water partition coefficient (Wildman–Crippen LogP) is 7.95. The third kappa shape index (κ3) is 11.1. The van der Waals surface area contributed by atoms with Gasteiger partial charge in [-0.2, -0.15) is 10.2 Å². The summed E-state index contributed by atoms with van der Waals surface area (Å²) in [5.74, 6) is 2.39. The highest BCUT2D eigenvalue weighted by atomic mass is 16.5. The molecule has 0 saturated carbocycles. The second-order valence-electron chi connectivity index (χ2n) is 18.0. The highest BCUT2D eigenvalue weighted by Crippen LogP contribution is 2.36. The van der Waals surface area contributed by atoms with E-state index < -0.39 is 0 Å². The lowest BCUT2D eigenvalue weighted by Gasteiger charge is -2.46. The van der Waals surface area contributed by atoms with Crippen molar-refractivity contribution in [1.82, 2.24) is 35.9 Å². The van der Waals surface area contributed by atoms with Crippen molar-refractivity contribution in [3.63, 3.8) is 0 Å². The van der Waals surface area contributed by atoms with Crippen molar-refractivity contribution in [2.75, 3.05) is 52.5 Å². The summed E-state index contributed by atoms with van der Waals surface area (Å²) in [5, 5.41) is 49.6. The molecule has 4 aromatic carbocycles. The molecule has 4 N–H and O–H groups in total. The van der Waals surface area contributed by atoms with Crippen molar-refractivity contribution in [2.45, 2.75) is 77.0 Å². The molecule has 0 radical (unpaired) electrons. The Balaban J connectivity index is 0.000000184. The minimum atomic E-state index is -0.00961. The first kappa shape index (κ1) is 42.3. The molecule has 12 heteroatoms. The van der Waals surface area contributed by atoms with E-state index in [2.05, 4.69) is 63.6 Å². The lowest BCUT2D eigenvalue weighted by Crippen LogP contribution is -2.60. The summed E-state index contributed by atoms with van der Waals surface area (Å²) in [6.07, 6.45) is 5.24. The van der Waals surface area contributed by atoms with Gasteiger partial charge in [-0.3, -0.25) is 4.90 Å². The summed E-state index contributed by atoms with van der Waals surface area (Å²) in [7, 11) is 0. The van der Waals surface area contributed by atoms with Gasteiger partial charge in [-0.15, -0.1) is 10.2 Å². The first-order valence-electron chi connectivity index (χ1n) is 21.7. The van der Waals surface area contributed by atoms with Gasteiger partial charge in [0.25, 0.3) is 0 Å². The lowest BCUT2D eigenvalue weighted by atomic mass is 9.81. The van der Waals surface area contributed by atoms with Crippen molar-refractivity contribution in [3.8, 4) is 45.6 Å². The van der Waals surface area contributed by atoms with Gasteiger partial charge in [0.1, 0.15) is 30.0 Å². The van der Waals surface area contributed by atoms with Gasteiger partial charge in [0, 0.05) is 60.7 Å². The summed E-state index contributed by atoms with van der Waals surface area (Å²) >= 11 is 0. The number of piperidine rings is 2. The Labute approximate surface area is 358 Å². The van der Waals surface area contributed by atoms with Gasteiger partial charge in [0.2, 0.25) is 5.88 Å². The Morgan fingerprint density at radius 3 is 1.97 bits per heavy atom. The largest absolute Gasteiger partial charge is 0.507 e. The van der Waals surface area contributed by atoms with Crippen molar-refractivity contribution in [2.24, 2.45) is 5.92 Å². The second kappa shape index (κ2) is 18.7. The molecule has 5 heterocycles. The molecule has 0 aliphatic carbocycles. The number of morpholine rings is 1. The maximum Gasteiger partial charge on any atom is 0.233 e. The summed E-state index contributed by atoms with van der Waals surface area (Å²) in [6.45, 7) is 15.9. The molecule has 0 atom stereocenters. The van der Waals surface area contributed by atoms with Crippen molar-refractivity contribution in [3.05, 3.63) is 96.7 Å². The van der Waals surface area contributed by atoms with Gasteiger partial charge in [-0.05, 0) is 142 Å². The zero-order valence-corrected chi connectivity index (χ0v) is 35.9. The van der Waals surface area contributed by atoms with Crippen LogP contribution in [0.4, 0.5) is 0 Å². The van der Waals surface area contributed by atoms with Crippen LogP contribution in [-0.2, 0) is 11.2 Å². The number of fused-ring (bicyclic) bond motifs is 2. The van der Waals surface area contributed by atoms with E-state index in [1.54, 1.807) is 12.1 Å². The number of benzene rings is 4. The standard InChI is InChI=1S/C29H38N4O4.C20H21N3O/c1-28(2)18-23(19-29(3,4)32-28)37-27-8-7-25(30-31-27)24-16-20-5-6-22(15-21(20)17-26(24)34)36-14-11-33-9-12-35-13-10-33;24-20-13-16-4-2-1-3-15(16)12-18(20)19-6-5-17(22-23-19)11-14-7-9-21-10-8-14/h5-8,15-17,23,32,34H,9-14,18-19H2,1-4H3;1-6,12-14,21,24H,7-11H2. The van der Waals surface area contributed by atoms with Crippen LogP contribution in [0.25, 0.3) is 44.1 Å². The van der Waals surface area contributed by atoms with E-state index in [-0.39, 0.29) is 28.7 Å². The summed E-state index contributed by atoms with van der Waals surface area (Å²) in [5.41, 5.74) is 3.70. The van der Waals surface area contributed by atoms with Gasteiger partial charge in [-0.25, -0.2) is 0 Å².